The standard InChI is InChI=1S/C25H32O2/c1-3-5-6-7-19-8-17-24(25(26)18-19)22-11-9-20(10-12-22)21-13-15-23(16-14-21)27-4-2/h9-16,19,24H,3-8,17-18H2,1-2H3. The highest BCUT2D eigenvalue weighted by molar-refractivity contribution is 5.86. The Balaban J connectivity index is 1.61. The summed E-state index contributed by atoms with van der Waals surface area (Å²) in [6.07, 6.45) is 8.03. The number of rotatable bonds is 8. The topological polar surface area (TPSA) is 26.3 Å². The third kappa shape index (κ3) is 5.22. The highest BCUT2D eigenvalue weighted by atomic mass is 16.5. The lowest BCUT2D eigenvalue weighted by atomic mass is 9.76. The van der Waals surface area contributed by atoms with Gasteiger partial charge in [-0.1, -0.05) is 69.0 Å². The molecule has 0 radical (unpaired) electrons. The highest BCUT2D eigenvalue weighted by Gasteiger charge is 2.29. The van der Waals surface area contributed by atoms with Crippen molar-refractivity contribution in [3.63, 3.8) is 0 Å². The van der Waals surface area contributed by atoms with Gasteiger partial charge in [-0.2, -0.15) is 0 Å². The van der Waals surface area contributed by atoms with Crippen molar-refractivity contribution < 1.29 is 9.53 Å². The average molecular weight is 365 g/mol. The van der Waals surface area contributed by atoms with Crippen LogP contribution < -0.4 is 4.74 Å². The summed E-state index contributed by atoms with van der Waals surface area (Å²) in [5.74, 6) is 2.06. The van der Waals surface area contributed by atoms with Crippen molar-refractivity contribution in [2.75, 3.05) is 6.61 Å². The molecule has 0 heterocycles. The molecule has 0 aliphatic heterocycles. The Kier molecular flexibility index (Phi) is 7.09. The first kappa shape index (κ1) is 19.7. The first-order valence-corrected chi connectivity index (χ1v) is 10.6. The van der Waals surface area contributed by atoms with Crippen LogP contribution in [0.4, 0.5) is 0 Å². The number of hydrogen-bond donors (Lipinski definition) is 0. The van der Waals surface area contributed by atoms with Gasteiger partial charge >= 0.3 is 0 Å². The van der Waals surface area contributed by atoms with Gasteiger partial charge in [0.2, 0.25) is 0 Å². The van der Waals surface area contributed by atoms with E-state index in [1.165, 1.54) is 48.8 Å². The zero-order valence-electron chi connectivity index (χ0n) is 16.7. The van der Waals surface area contributed by atoms with Gasteiger partial charge in [-0.15, -0.1) is 0 Å². The number of carbonyl (C=O) groups is 1. The van der Waals surface area contributed by atoms with Crippen molar-refractivity contribution in [2.45, 2.75) is 64.7 Å². The summed E-state index contributed by atoms with van der Waals surface area (Å²) in [5.41, 5.74) is 3.54. The third-order valence-corrected chi connectivity index (χ3v) is 5.77. The highest BCUT2D eigenvalue weighted by Crippen LogP contribution is 2.36. The van der Waals surface area contributed by atoms with Gasteiger partial charge in [0.05, 0.1) is 6.61 Å². The van der Waals surface area contributed by atoms with Crippen molar-refractivity contribution in [1.29, 1.82) is 0 Å². The van der Waals surface area contributed by atoms with Gasteiger partial charge in [-0.05, 0) is 54.5 Å². The van der Waals surface area contributed by atoms with E-state index in [-0.39, 0.29) is 5.92 Å². The molecule has 2 atom stereocenters. The van der Waals surface area contributed by atoms with Crippen LogP contribution in [0.3, 0.4) is 0 Å². The second-order valence-corrected chi connectivity index (χ2v) is 7.74. The lowest BCUT2D eigenvalue weighted by Gasteiger charge is -2.27. The molecule has 0 N–H and O–H groups in total. The summed E-state index contributed by atoms with van der Waals surface area (Å²) in [4.78, 5) is 12.7. The molecule has 1 aliphatic carbocycles. The summed E-state index contributed by atoms with van der Waals surface area (Å²) < 4.78 is 5.51. The molecule has 1 aliphatic rings. The van der Waals surface area contributed by atoms with E-state index in [1.807, 2.05) is 19.1 Å². The van der Waals surface area contributed by atoms with Crippen molar-refractivity contribution >= 4 is 5.78 Å². The minimum absolute atomic E-state index is 0.0989. The Hall–Kier alpha value is -2.09. The summed E-state index contributed by atoms with van der Waals surface area (Å²) in [5, 5.41) is 0. The van der Waals surface area contributed by atoms with Crippen LogP contribution in [0.15, 0.2) is 48.5 Å². The second kappa shape index (κ2) is 9.73. The van der Waals surface area contributed by atoms with Gasteiger partial charge in [-0.25, -0.2) is 0 Å². The van der Waals surface area contributed by atoms with Crippen molar-refractivity contribution in [3.05, 3.63) is 54.1 Å². The molecule has 1 saturated carbocycles. The van der Waals surface area contributed by atoms with Crippen LogP contribution in [-0.4, -0.2) is 12.4 Å². The number of hydrogen-bond acceptors (Lipinski definition) is 2. The van der Waals surface area contributed by atoms with E-state index in [4.69, 9.17) is 4.74 Å². The summed E-state index contributed by atoms with van der Waals surface area (Å²) in [6, 6.07) is 16.8. The average Bonchev–Trinajstić information content (AvgIpc) is 2.69. The fourth-order valence-corrected chi connectivity index (χ4v) is 4.19. The van der Waals surface area contributed by atoms with Gasteiger partial charge in [0.1, 0.15) is 11.5 Å². The smallest absolute Gasteiger partial charge is 0.140 e. The molecule has 2 nitrogen and oxygen atoms in total. The van der Waals surface area contributed by atoms with Gasteiger partial charge in [0.15, 0.2) is 0 Å². The lowest BCUT2D eigenvalue weighted by molar-refractivity contribution is -0.123. The maximum Gasteiger partial charge on any atom is 0.140 e. The molecule has 0 bridgehead atoms. The van der Waals surface area contributed by atoms with Crippen LogP contribution in [0.2, 0.25) is 0 Å². The molecule has 0 aromatic heterocycles. The molecule has 2 heteroatoms. The largest absolute Gasteiger partial charge is 0.494 e. The normalized spacial score (nSPS) is 19.9. The number of ketones is 1. The molecule has 3 rings (SSSR count). The summed E-state index contributed by atoms with van der Waals surface area (Å²) in [7, 11) is 0. The maximum absolute atomic E-state index is 12.7. The fraction of sp³-hybridized carbons (Fsp3) is 0.480. The number of unbranched alkanes of at least 4 members (excludes halogenated alkanes) is 2. The summed E-state index contributed by atoms with van der Waals surface area (Å²) in [6.45, 7) is 4.91. The molecular weight excluding hydrogens is 332 g/mol. The van der Waals surface area contributed by atoms with Crippen molar-refractivity contribution in [1.82, 2.24) is 0 Å². The zero-order valence-corrected chi connectivity index (χ0v) is 16.7. The summed E-state index contributed by atoms with van der Waals surface area (Å²) >= 11 is 0. The number of carbonyl (C=O) groups excluding carboxylic acids is 1. The van der Waals surface area contributed by atoms with Crippen LogP contribution >= 0.6 is 0 Å². The Morgan fingerprint density at radius 1 is 0.889 bits per heavy atom. The Morgan fingerprint density at radius 2 is 1.56 bits per heavy atom. The quantitative estimate of drug-likeness (QED) is 0.482. The number of ether oxygens (including phenoxy) is 1. The monoisotopic (exact) mass is 364 g/mol. The molecule has 0 amide bonds. The first-order chi connectivity index (χ1) is 13.2. The van der Waals surface area contributed by atoms with E-state index in [0.29, 0.717) is 18.3 Å². The minimum atomic E-state index is 0.0989. The second-order valence-electron chi connectivity index (χ2n) is 7.74. The van der Waals surface area contributed by atoms with Gasteiger partial charge < -0.3 is 4.74 Å². The van der Waals surface area contributed by atoms with E-state index in [1.54, 1.807) is 0 Å². The SMILES string of the molecule is CCCCCC1CCC(c2ccc(-c3ccc(OCC)cc3)cc2)C(=O)C1. The number of benzene rings is 2. The maximum atomic E-state index is 12.7. The molecule has 144 valence electrons. The third-order valence-electron chi connectivity index (χ3n) is 5.77. The van der Waals surface area contributed by atoms with Crippen LogP contribution in [-0.2, 0) is 4.79 Å². The number of Topliss-reactive ketones (excluding diaryl/α,β-unsaturated/α-hetero) is 1. The van der Waals surface area contributed by atoms with Crippen LogP contribution in [0.5, 0.6) is 5.75 Å². The molecule has 2 aromatic carbocycles. The van der Waals surface area contributed by atoms with Gasteiger partial charge in [0.25, 0.3) is 0 Å². The van der Waals surface area contributed by atoms with Gasteiger partial charge in [0, 0.05) is 12.3 Å². The minimum Gasteiger partial charge on any atom is -0.494 e. The van der Waals surface area contributed by atoms with E-state index >= 15 is 0 Å². The molecule has 0 saturated heterocycles. The molecule has 27 heavy (non-hydrogen) atoms. The predicted molar refractivity (Wildman–Crippen MR) is 112 cm³/mol. The van der Waals surface area contributed by atoms with E-state index in [0.717, 1.165) is 18.6 Å². The van der Waals surface area contributed by atoms with Crippen LogP contribution in [0.25, 0.3) is 11.1 Å². The van der Waals surface area contributed by atoms with Crippen LogP contribution in [0, 0.1) is 5.92 Å². The molecule has 1 fully saturated rings. The fourth-order valence-electron chi connectivity index (χ4n) is 4.19. The van der Waals surface area contributed by atoms with Gasteiger partial charge in [-0.3, -0.25) is 4.79 Å². The lowest BCUT2D eigenvalue weighted by Crippen LogP contribution is -2.23. The van der Waals surface area contributed by atoms with E-state index in [9.17, 15) is 4.79 Å². The van der Waals surface area contributed by atoms with Crippen LogP contribution in [0.1, 0.15) is 70.3 Å². The molecule has 0 spiro atoms. The van der Waals surface area contributed by atoms with E-state index in [2.05, 4.69) is 43.3 Å². The molecular formula is C25H32O2. The molecule has 2 aromatic rings. The zero-order chi connectivity index (χ0) is 19.1. The Morgan fingerprint density at radius 3 is 2.15 bits per heavy atom. The van der Waals surface area contributed by atoms with Crippen molar-refractivity contribution in [3.8, 4) is 16.9 Å². The first-order valence-electron chi connectivity index (χ1n) is 10.6. The van der Waals surface area contributed by atoms with E-state index < -0.39 is 0 Å². The predicted octanol–water partition coefficient (Wildman–Crippen LogP) is 6.79. The van der Waals surface area contributed by atoms with Crippen molar-refractivity contribution in [2.24, 2.45) is 5.92 Å². The Bertz CT molecular complexity index is 715. The molecule has 2 unspecified atom stereocenters. The Labute approximate surface area is 164 Å².